The van der Waals surface area contributed by atoms with E-state index in [4.69, 9.17) is 9.47 Å². The molecule has 12 nitrogen and oxygen atoms in total. The Hall–Kier alpha value is -5.52. The van der Waals surface area contributed by atoms with Gasteiger partial charge in [-0.25, -0.2) is 9.59 Å². The largest absolute Gasteiger partial charge is 0.462 e. The second-order valence-corrected chi connectivity index (χ2v) is 15.1. The minimum atomic E-state index is -0.364. The molecule has 0 aliphatic heterocycles. The van der Waals surface area contributed by atoms with Crippen LogP contribution in [0.25, 0.3) is 0 Å². The maximum Gasteiger partial charge on any atom is 0.338 e. The van der Waals surface area contributed by atoms with E-state index in [0.29, 0.717) is 58.8 Å². The van der Waals surface area contributed by atoms with Gasteiger partial charge in [0, 0.05) is 28.2 Å². The Labute approximate surface area is 332 Å². The van der Waals surface area contributed by atoms with Crippen molar-refractivity contribution >= 4 is 52.8 Å². The van der Waals surface area contributed by atoms with Gasteiger partial charge in [0.2, 0.25) is 17.8 Å². The Morgan fingerprint density at radius 1 is 0.554 bits per heavy atom. The highest BCUT2D eigenvalue weighted by Crippen LogP contribution is 2.23. The van der Waals surface area contributed by atoms with Gasteiger partial charge >= 0.3 is 11.9 Å². The van der Waals surface area contributed by atoms with Crippen LogP contribution < -0.4 is 21.3 Å². The number of carbonyl (C=O) groups excluding carboxylic acids is 3. The SMILES string of the molecule is CCCC[C@@H](CC)COC(=O)c1ccc(Nc2nc(Nc3ccc(C(=O)NC(C)(C)C)cc3)nc(Nc3ccc(C(=O)OC[C@H](CC)CCCC)cc3)n2)cc1. The molecular formula is C44H59N7O5. The standard InChI is InChI=1S/C44H59N7O5/c1-8-12-14-30(10-3)28-55-39(53)33-18-24-36(25-19-33)46-42-48-41(45-35-22-16-32(17-23-35)38(52)51-44(5,6)7)49-43(50-42)47-37-26-20-34(21-27-37)40(54)56-29-31(11-4)15-13-9-2/h16-27,30-31H,8-15,28-29H2,1-7H3,(H,51,52)(H3,45,46,47,48,49,50)/t30-,31-/m1/s1. The van der Waals surface area contributed by atoms with Crippen LogP contribution in [0.15, 0.2) is 72.8 Å². The molecule has 0 spiro atoms. The van der Waals surface area contributed by atoms with Crippen LogP contribution in [0, 0.1) is 11.8 Å². The van der Waals surface area contributed by atoms with Crippen molar-refractivity contribution in [2.75, 3.05) is 29.2 Å². The van der Waals surface area contributed by atoms with Crippen LogP contribution >= 0.6 is 0 Å². The number of hydrogen-bond donors (Lipinski definition) is 4. The van der Waals surface area contributed by atoms with Crippen LogP contribution in [0.4, 0.5) is 34.9 Å². The van der Waals surface area contributed by atoms with E-state index >= 15 is 0 Å². The molecule has 0 bridgehead atoms. The highest BCUT2D eigenvalue weighted by atomic mass is 16.5. The smallest absolute Gasteiger partial charge is 0.338 e. The molecule has 4 aromatic rings. The molecule has 1 heterocycles. The van der Waals surface area contributed by atoms with Crippen molar-refractivity contribution in [1.82, 2.24) is 20.3 Å². The maximum absolute atomic E-state index is 12.8. The summed E-state index contributed by atoms with van der Waals surface area (Å²) in [5, 5.41) is 12.6. The number of anilines is 6. The molecule has 1 aromatic heterocycles. The molecule has 56 heavy (non-hydrogen) atoms. The topological polar surface area (TPSA) is 156 Å². The number of nitrogens with zero attached hydrogens (tertiary/aromatic N) is 3. The van der Waals surface area contributed by atoms with Crippen molar-refractivity contribution < 1.29 is 23.9 Å². The van der Waals surface area contributed by atoms with Crippen LogP contribution in [0.2, 0.25) is 0 Å². The van der Waals surface area contributed by atoms with E-state index in [1.807, 2.05) is 20.8 Å². The zero-order chi connectivity index (χ0) is 40.5. The first-order chi connectivity index (χ1) is 26.9. The summed E-state index contributed by atoms with van der Waals surface area (Å²) in [5.74, 6) is 0.524. The van der Waals surface area contributed by atoms with Gasteiger partial charge in [-0.3, -0.25) is 4.79 Å². The van der Waals surface area contributed by atoms with E-state index in [0.717, 1.165) is 51.4 Å². The second kappa shape index (κ2) is 21.5. The number of nitrogens with one attached hydrogen (secondary N) is 4. The Bertz CT molecular complexity index is 1750. The summed E-state index contributed by atoms with van der Waals surface area (Å²) in [5.41, 5.74) is 3.02. The third kappa shape index (κ3) is 14.3. The number of rotatable bonds is 21. The van der Waals surface area contributed by atoms with E-state index in [1.54, 1.807) is 72.8 Å². The van der Waals surface area contributed by atoms with E-state index in [9.17, 15) is 14.4 Å². The number of ether oxygens (including phenoxy) is 2. The van der Waals surface area contributed by atoms with Gasteiger partial charge in [-0.05, 0) is 118 Å². The minimum Gasteiger partial charge on any atom is -0.462 e. The molecule has 0 saturated heterocycles. The Morgan fingerprint density at radius 2 is 0.893 bits per heavy atom. The van der Waals surface area contributed by atoms with Crippen molar-refractivity contribution in [2.24, 2.45) is 11.8 Å². The molecule has 3 aromatic carbocycles. The molecule has 0 aliphatic carbocycles. The van der Waals surface area contributed by atoms with Gasteiger partial charge in [0.15, 0.2) is 0 Å². The van der Waals surface area contributed by atoms with Crippen LogP contribution in [0.1, 0.15) is 131 Å². The van der Waals surface area contributed by atoms with E-state index in [1.165, 1.54) is 0 Å². The lowest BCUT2D eigenvalue weighted by atomic mass is 10.0. The third-order valence-electron chi connectivity index (χ3n) is 9.27. The molecule has 0 saturated carbocycles. The molecule has 1 amide bonds. The Kier molecular flexibility index (Phi) is 16.6. The van der Waals surface area contributed by atoms with Gasteiger partial charge in [-0.1, -0.05) is 66.2 Å². The van der Waals surface area contributed by atoms with Gasteiger partial charge in [-0.2, -0.15) is 15.0 Å². The van der Waals surface area contributed by atoms with E-state index in [-0.39, 0.29) is 41.2 Å². The summed E-state index contributed by atoms with van der Waals surface area (Å²) < 4.78 is 11.3. The fourth-order valence-corrected chi connectivity index (χ4v) is 5.78. The van der Waals surface area contributed by atoms with Gasteiger partial charge in [0.25, 0.3) is 5.91 Å². The first-order valence-corrected chi connectivity index (χ1v) is 19.9. The summed E-state index contributed by atoms with van der Waals surface area (Å²) in [6.45, 7) is 15.2. The number of unbranched alkanes of at least 4 members (excludes halogenated alkanes) is 2. The molecule has 0 radical (unpaired) electrons. The minimum absolute atomic E-state index is 0.171. The lowest BCUT2D eigenvalue weighted by molar-refractivity contribution is 0.0419. The predicted molar refractivity (Wildman–Crippen MR) is 223 cm³/mol. The van der Waals surface area contributed by atoms with Crippen LogP contribution in [0.3, 0.4) is 0 Å². The fourth-order valence-electron chi connectivity index (χ4n) is 5.78. The normalized spacial score (nSPS) is 12.3. The Morgan fingerprint density at radius 3 is 1.20 bits per heavy atom. The molecule has 4 N–H and O–H groups in total. The highest BCUT2D eigenvalue weighted by Gasteiger charge is 2.17. The molecular weight excluding hydrogens is 707 g/mol. The quantitative estimate of drug-likeness (QED) is 0.0599. The molecule has 0 aliphatic rings. The van der Waals surface area contributed by atoms with Crippen LogP contribution in [-0.2, 0) is 9.47 Å². The third-order valence-corrected chi connectivity index (χ3v) is 9.27. The molecule has 300 valence electrons. The van der Waals surface area contributed by atoms with Gasteiger partial charge in [0.05, 0.1) is 24.3 Å². The van der Waals surface area contributed by atoms with Crippen molar-refractivity contribution in [3.8, 4) is 0 Å². The number of aromatic nitrogens is 3. The first kappa shape index (κ1) is 43.2. The van der Waals surface area contributed by atoms with Crippen LogP contribution in [0.5, 0.6) is 0 Å². The zero-order valence-electron chi connectivity index (χ0n) is 34.0. The van der Waals surface area contributed by atoms with E-state index in [2.05, 4.69) is 63.9 Å². The van der Waals surface area contributed by atoms with Crippen molar-refractivity contribution in [1.29, 1.82) is 0 Å². The highest BCUT2D eigenvalue weighted by molar-refractivity contribution is 5.95. The van der Waals surface area contributed by atoms with E-state index < -0.39 is 0 Å². The molecule has 0 fully saturated rings. The number of amides is 1. The summed E-state index contributed by atoms with van der Waals surface area (Å²) >= 11 is 0. The molecule has 0 unspecified atom stereocenters. The zero-order valence-corrected chi connectivity index (χ0v) is 34.0. The average molecular weight is 766 g/mol. The number of esters is 2. The lowest BCUT2D eigenvalue weighted by Crippen LogP contribution is -2.40. The monoisotopic (exact) mass is 765 g/mol. The summed E-state index contributed by atoms with van der Waals surface area (Å²) in [7, 11) is 0. The van der Waals surface area contributed by atoms with Gasteiger partial charge < -0.3 is 30.7 Å². The maximum atomic E-state index is 12.8. The number of benzene rings is 3. The predicted octanol–water partition coefficient (Wildman–Crippen LogP) is 10.4. The summed E-state index contributed by atoms with van der Waals surface area (Å²) in [6, 6.07) is 20.9. The van der Waals surface area contributed by atoms with Crippen molar-refractivity contribution in [3.05, 3.63) is 89.5 Å². The van der Waals surface area contributed by atoms with Crippen LogP contribution in [-0.4, -0.2) is 51.6 Å². The molecule has 12 heteroatoms. The Balaban J connectivity index is 1.50. The fraction of sp³-hybridized carbons (Fsp3) is 0.455. The average Bonchev–Trinajstić information content (AvgIpc) is 3.18. The molecule has 2 atom stereocenters. The summed E-state index contributed by atoms with van der Waals surface area (Å²) in [6.07, 6.45) is 8.48. The van der Waals surface area contributed by atoms with Crippen molar-refractivity contribution in [3.63, 3.8) is 0 Å². The number of hydrogen-bond acceptors (Lipinski definition) is 11. The molecule has 4 rings (SSSR count). The first-order valence-electron chi connectivity index (χ1n) is 19.9. The lowest BCUT2D eigenvalue weighted by Gasteiger charge is -2.20. The van der Waals surface area contributed by atoms with Gasteiger partial charge in [-0.15, -0.1) is 0 Å². The number of carbonyl (C=O) groups is 3. The second-order valence-electron chi connectivity index (χ2n) is 15.1. The summed E-state index contributed by atoms with van der Waals surface area (Å²) in [4.78, 5) is 52.0. The van der Waals surface area contributed by atoms with Gasteiger partial charge in [0.1, 0.15) is 0 Å². The van der Waals surface area contributed by atoms with Crippen molar-refractivity contribution in [2.45, 2.75) is 105 Å².